The van der Waals surface area contributed by atoms with E-state index in [4.69, 9.17) is 0 Å². The van der Waals surface area contributed by atoms with Crippen molar-refractivity contribution in [3.05, 3.63) is 70.9 Å². The van der Waals surface area contributed by atoms with Crippen molar-refractivity contribution in [1.29, 1.82) is 0 Å². The molecule has 0 spiro atoms. The van der Waals surface area contributed by atoms with Crippen LogP contribution >= 0.6 is 0 Å². The molecule has 3 aromatic rings. The number of nitrogens with one attached hydrogen (secondary N) is 1. The smallest absolute Gasteiger partial charge is 0.267 e. The van der Waals surface area contributed by atoms with E-state index in [1.807, 2.05) is 19.1 Å². The lowest BCUT2D eigenvalue weighted by Gasteiger charge is -2.08. The van der Waals surface area contributed by atoms with E-state index >= 15 is 0 Å². The van der Waals surface area contributed by atoms with Crippen LogP contribution in [0.3, 0.4) is 0 Å². The van der Waals surface area contributed by atoms with Gasteiger partial charge in [0.1, 0.15) is 12.4 Å². The lowest BCUT2D eigenvalue weighted by atomic mass is 10.2. The van der Waals surface area contributed by atoms with Crippen molar-refractivity contribution in [3.8, 4) is 11.3 Å². The monoisotopic (exact) mass is 321 g/mol. The van der Waals surface area contributed by atoms with Gasteiger partial charge in [-0.2, -0.15) is 5.10 Å². The molecule has 3 rings (SSSR count). The molecule has 0 aliphatic carbocycles. The number of pyridine rings is 2. The van der Waals surface area contributed by atoms with Gasteiger partial charge in [0.25, 0.3) is 5.56 Å². The van der Waals surface area contributed by atoms with Crippen molar-refractivity contribution < 1.29 is 4.79 Å². The lowest BCUT2D eigenvalue weighted by Crippen LogP contribution is -2.29. The van der Waals surface area contributed by atoms with Gasteiger partial charge in [-0.05, 0) is 37.3 Å². The predicted octanol–water partition coefficient (Wildman–Crippen LogP) is 1.65. The molecule has 0 aromatic carbocycles. The van der Waals surface area contributed by atoms with Gasteiger partial charge < -0.3 is 5.32 Å². The minimum absolute atomic E-state index is 0.192. The third-order valence-corrected chi connectivity index (χ3v) is 3.27. The standard InChI is InChI=1S/C17H15N5O2/c1-12-4-2-6-15(19-12)20-16(23)11-22-17(24)8-7-14(21-22)13-5-3-9-18-10-13/h2-10H,11H2,1H3,(H,19,20,23). The molecular formula is C17H15N5O2. The van der Waals surface area contributed by atoms with E-state index in [0.29, 0.717) is 11.5 Å². The van der Waals surface area contributed by atoms with E-state index in [1.165, 1.54) is 6.07 Å². The molecule has 0 bridgehead atoms. The normalized spacial score (nSPS) is 10.4. The summed E-state index contributed by atoms with van der Waals surface area (Å²) in [6.45, 7) is 1.64. The fourth-order valence-electron chi connectivity index (χ4n) is 2.16. The first-order valence-electron chi connectivity index (χ1n) is 7.34. The zero-order valence-electron chi connectivity index (χ0n) is 13.0. The van der Waals surface area contributed by atoms with Gasteiger partial charge >= 0.3 is 0 Å². The minimum Gasteiger partial charge on any atom is -0.309 e. The van der Waals surface area contributed by atoms with Crippen molar-refractivity contribution in [2.75, 3.05) is 5.32 Å². The Kier molecular flexibility index (Phi) is 4.42. The lowest BCUT2D eigenvalue weighted by molar-refractivity contribution is -0.117. The molecule has 0 saturated carbocycles. The first kappa shape index (κ1) is 15.5. The summed E-state index contributed by atoms with van der Waals surface area (Å²) in [5.41, 5.74) is 1.79. The summed E-state index contributed by atoms with van der Waals surface area (Å²) in [6.07, 6.45) is 3.30. The van der Waals surface area contributed by atoms with Crippen LogP contribution in [0.25, 0.3) is 11.3 Å². The zero-order chi connectivity index (χ0) is 16.9. The SMILES string of the molecule is Cc1cccc(NC(=O)Cn2nc(-c3cccnc3)ccc2=O)n1. The van der Waals surface area contributed by atoms with Crippen molar-refractivity contribution in [1.82, 2.24) is 19.7 Å². The Morgan fingerprint density at radius 2 is 2.04 bits per heavy atom. The van der Waals surface area contributed by atoms with Gasteiger partial charge in [0.05, 0.1) is 5.69 Å². The van der Waals surface area contributed by atoms with E-state index in [9.17, 15) is 9.59 Å². The first-order valence-corrected chi connectivity index (χ1v) is 7.34. The number of hydrogen-bond donors (Lipinski definition) is 1. The highest BCUT2D eigenvalue weighted by Gasteiger charge is 2.09. The Morgan fingerprint density at radius 3 is 2.79 bits per heavy atom. The topological polar surface area (TPSA) is 89.8 Å². The Bertz CT molecular complexity index is 922. The van der Waals surface area contributed by atoms with Crippen LogP contribution in [0.5, 0.6) is 0 Å². The van der Waals surface area contributed by atoms with Gasteiger partial charge in [0.2, 0.25) is 5.91 Å². The van der Waals surface area contributed by atoms with E-state index in [2.05, 4.69) is 20.4 Å². The molecule has 0 aliphatic heterocycles. The van der Waals surface area contributed by atoms with Crippen molar-refractivity contribution in [2.45, 2.75) is 13.5 Å². The first-order chi connectivity index (χ1) is 11.6. The van der Waals surface area contributed by atoms with Crippen LogP contribution in [-0.4, -0.2) is 25.7 Å². The Hall–Kier alpha value is -3.35. The molecule has 0 atom stereocenters. The number of aryl methyl sites for hydroxylation is 1. The second-order valence-corrected chi connectivity index (χ2v) is 5.17. The van der Waals surface area contributed by atoms with Gasteiger partial charge in [-0.3, -0.25) is 14.6 Å². The van der Waals surface area contributed by atoms with Crippen LogP contribution in [0.4, 0.5) is 5.82 Å². The molecular weight excluding hydrogens is 306 g/mol. The van der Waals surface area contributed by atoms with Crippen molar-refractivity contribution in [3.63, 3.8) is 0 Å². The molecule has 0 fully saturated rings. The molecule has 1 N–H and O–H groups in total. The van der Waals surface area contributed by atoms with Crippen molar-refractivity contribution >= 4 is 11.7 Å². The molecule has 0 unspecified atom stereocenters. The van der Waals surface area contributed by atoms with Crippen LogP contribution < -0.4 is 10.9 Å². The van der Waals surface area contributed by atoms with E-state index < -0.39 is 0 Å². The van der Waals surface area contributed by atoms with Crippen LogP contribution in [0, 0.1) is 6.92 Å². The summed E-state index contributed by atoms with van der Waals surface area (Å²) in [4.78, 5) is 32.3. The molecule has 0 aliphatic rings. The summed E-state index contributed by atoms with van der Waals surface area (Å²) in [5, 5.41) is 6.88. The zero-order valence-corrected chi connectivity index (χ0v) is 13.0. The summed E-state index contributed by atoms with van der Waals surface area (Å²) in [6, 6.07) is 11.9. The maximum absolute atomic E-state index is 12.1. The maximum Gasteiger partial charge on any atom is 0.267 e. The third kappa shape index (κ3) is 3.70. The fraction of sp³-hybridized carbons (Fsp3) is 0.118. The maximum atomic E-state index is 12.1. The second-order valence-electron chi connectivity index (χ2n) is 5.17. The fourth-order valence-corrected chi connectivity index (χ4v) is 2.16. The molecule has 7 nitrogen and oxygen atoms in total. The molecule has 0 radical (unpaired) electrons. The molecule has 1 amide bonds. The number of amides is 1. The summed E-state index contributed by atoms with van der Waals surface area (Å²) < 4.78 is 1.12. The highest BCUT2D eigenvalue weighted by Crippen LogP contribution is 2.12. The number of rotatable bonds is 4. The van der Waals surface area contributed by atoms with Crippen LogP contribution in [0.15, 0.2) is 59.7 Å². The average Bonchev–Trinajstić information content (AvgIpc) is 2.57. The number of nitrogens with zero attached hydrogens (tertiary/aromatic N) is 4. The van der Waals surface area contributed by atoms with Gasteiger partial charge in [-0.25, -0.2) is 9.67 Å². The van der Waals surface area contributed by atoms with Crippen LogP contribution in [0.2, 0.25) is 0 Å². The molecule has 24 heavy (non-hydrogen) atoms. The second kappa shape index (κ2) is 6.82. The number of anilines is 1. The molecule has 7 heteroatoms. The number of aromatic nitrogens is 4. The largest absolute Gasteiger partial charge is 0.309 e. The van der Waals surface area contributed by atoms with Gasteiger partial charge in [-0.15, -0.1) is 0 Å². The number of carbonyl (C=O) groups excluding carboxylic acids is 1. The summed E-state index contributed by atoms with van der Waals surface area (Å²) in [7, 11) is 0. The molecule has 120 valence electrons. The van der Waals surface area contributed by atoms with Gasteiger partial charge in [0.15, 0.2) is 0 Å². The Balaban J connectivity index is 1.79. The summed E-state index contributed by atoms with van der Waals surface area (Å²) >= 11 is 0. The molecule has 3 heterocycles. The molecule has 3 aromatic heterocycles. The third-order valence-electron chi connectivity index (χ3n) is 3.27. The predicted molar refractivity (Wildman–Crippen MR) is 89.3 cm³/mol. The van der Waals surface area contributed by atoms with Gasteiger partial charge in [0, 0.05) is 29.7 Å². The van der Waals surface area contributed by atoms with Crippen LogP contribution in [0.1, 0.15) is 5.69 Å². The average molecular weight is 321 g/mol. The Morgan fingerprint density at radius 1 is 1.17 bits per heavy atom. The summed E-state index contributed by atoms with van der Waals surface area (Å²) in [5.74, 6) is 0.0718. The van der Waals surface area contributed by atoms with E-state index in [-0.39, 0.29) is 18.0 Å². The van der Waals surface area contributed by atoms with E-state index in [0.717, 1.165) is 15.9 Å². The number of hydrogen-bond acceptors (Lipinski definition) is 5. The number of carbonyl (C=O) groups is 1. The molecule has 0 saturated heterocycles. The van der Waals surface area contributed by atoms with E-state index in [1.54, 1.807) is 36.7 Å². The van der Waals surface area contributed by atoms with Crippen molar-refractivity contribution in [2.24, 2.45) is 0 Å². The quantitative estimate of drug-likeness (QED) is 0.789. The highest BCUT2D eigenvalue weighted by atomic mass is 16.2. The minimum atomic E-state index is -0.369. The van der Waals surface area contributed by atoms with Gasteiger partial charge in [-0.1, -0.05) is 6.07 Å². The van der Waals surface area contributed by atoms with Crippen LogP contribution in [-0.2, 0) is 11.3 Å². The highest BCUT2D eigenvalue weighted by molar-refractivity contribution is 5.89. The Labute approximate surface area is 138 Å².